The van der Waals surface area contributed by atoms with Crippen LogP contribution in [0.25, 0.3) is 10.8 Å². The Labute approximate surface area is 109 Å². The van der Waals surface area contributed by atoms with E-state index >= 15 is 0 Å². The van der Waals surface area contributed by atoms with E-state index in [4.69, 9.17) is 5.73 Å². The molecule has 0 aliphatic rings. The minimum absolute atomic E-state index is 0.168. The van der Waals surface area contributed by atoms with Crippen LogP contribution in [0.3, 0.4) is 0 Å². The first-order chi connectivity index (χ1) is 8.65. The molecule has 3 amide bonds. The molecule has 0 heterocycles. The largest absolute Gasteiger partial charge is 0.351 e. The van der Waals surface area contributed by atoms with Crippen molar-refractivity contribution >= 4 is 34.5 Å². The van der Waals surface area contributed by atoms with Crippen LogP contribution < -0.4 is 11.1 Å². The van der Waals surface area contributed by atoms with Crippen molar-refractivity contribution in [1.82, 2.24) is 5.32 Å². The van der Waals surface area contributed by atoms with E-state index in [1.165, 1.54) is 11.8 Å². The first-order valence-electron chi connectivity index (χ1n) is 5.36. The molecule has 0 saturated carbocycles. The molecule has 3 N–H and O–H groups in total. The third kappa shape index (κ3) is 3.24. The van der Waals surface area contributed by atoms with E-state index in [0.29, 0.717) is 0 Å². The third-order valence-electron chi connectivity index (χ3n) is 2.35. The number of fused-ring (bicyclic) bond motifs is 1. The van der Waals surface area contributed by atoms with E-state index in [1.807, 2.05) is 47.8 Å². The standard InChI is InChI=1S/C13H12N2O2S/c14-13(17)15-12(16)8-18-11-6-5-9-3-1-2-4-10(9)7-11/h1-7H,8H2,(H3,14,15,16,17). The van der Waals surface area contributed by atoms with Crippen molar-refractivity contribution in [3.63, 3.8) is 0 Å². The lowest BCUT2D eigenvalue weighted by Crippen LogP contribution is -2.36. The highest BCUT2D eigenvalue weighted by Gasteiger charge is 2.05. The molecule has 0 aliphatic heterocycles. The number of nitrogens with two attached hydrogens (primary N) is 1. The minimum Gasteiger partial charge on any atom is -0.351 e. The van der Waals surface area contributed by atoms with Crippen LogP contribution in [-0.4, -0.2) is 17.7 Å². The molecule has 0 aliphatic carbocycles. The average molecular weight is 260 g/mol. The van der Waals surface area contributed by atoms with Crippen LogP contribution in [-0.2, 0) is 4.79 Å². The van der Waals surface area contributed by atoms with E-state index in [1.54, 1.807) is 0 Å². The fourth-order valence-corrected chi connectivity index (χ4v) is 2.32. The van der Waals surface area contributed by atoms with Crippen molar-refractivity contribution in [2.45, 2.75) is 4.90 Å². The topological polar surface area (TPSA) is 72.2 Å². The lowest BCUT2D eigenvalue weighted by atomic mass is 10.1. The zero-order chi connectivity index (χ0) is 13.0. The molecule has 18 heavy (non-hydrogen) atoms. The van der Waals surface area contributed by atoms with E-state index < -0.39 is 6.03 Å². The van der Waals surface area contributed by atoms with Crippen LogP contribution in [0.1, 0.15) is 0 Å². The second-order valence-electron chi connectivity index (χ2n) is 3.71. The van der Waals surface area contributed by atoms with Crippen molar-refractivity contribution in [2.75, 3.05) is 5.75 Å². The zero-order valence-electron chi connectivity index (χ0n) is 9.55. The molecule has 0 unspecified atom stereocenters. The van der Waals surface area contributed by atoms with Gasteiger partial charge in [-0.1, -0.05) is 30.3 Å². The summed E-state index contributed by atoms with van der Waals surface area (Å²) in [5.74, 6) is -0.220. The molecule has 0 radical (unpaired) electrons. The molecule has 4 nitrogen and oxygen atoms in total. The maximum absolute atomic E-state index is 11.3. The normalized spacial score (nSPS) is 10.2. The summed E-state index contributed by atoms with van der Waals surface area (Å²) in [5, 5.41) is 4.31. The predicted octanol–water partition coefficient (Wildman–Crippen LogP) is 2.13. The molecule has 5 heteroatoms. The van der Waals surface area contributed by atoms with Gasteiger partial charge in [0.2, 0.25) is 5.91 Å². The summed E-state index contributed by atoms with van der Waals surface area (Å²) in [6, 6.07) is 13.1. The Balaban J connectivity index is 2.04. The quantitative estimate of drug-likeness (QED) is 0.830. The first-order valence-corrected chi connectivity index (χ1v) is 6.34. The molecule has 0 fully saturated rings. The summed E-state index contributed by atoms with van der Waals surface area (Å²) < 4.78 is 0. The van der Waals surface area contributed by atoms with Crippen LogP contribution in [0.5, 0.6) is 0 Å². The van der Waals surface area contributed by atoms with E-state index in [-0.39, 0.29) is 11.7 Å². The van der Waals surface area contributed by atoms with Crippen LogP contribution in [0.4, 0.5) is 4.79 Å². The minimum atomic E-state index is -0.820. The van der Waals surface area contributed by atoms with Crippen molar-refractivity contribution in [3.8, 4) is 0 Å². The Kier molecular flexibility index (Phi) is 3.84. The number of thioether (sulfide) groups is 1. The lowest BCUT2D eigenvalue weighted by molar-refractivity contribution is -0.117. The monoisotopic (exact) mass is 260 g/mol. The summed E-state index contributed by atoms with van der Waals surface area (Å²) in [6.07, 6.45) is 0. The first kappa shape index (κ1) is 12.4. The molecule has 2 aromatic carbocycles. The number of benzene rings is 2. The third-order valence-corrected chi connectivity index (χ3v) is 3.35. The van der Waals surface area contributed by atoms with Gasteiger partial charge in [-0.15, -0.1) is 11.8 Å². The van der Waals surface area contributed by atoms with Gasteiger partial charge in [-0.2, -0.15) is 0 Å². The Morgan fingerprint density at radius 3 is 2.56 bits per heavy atom. The Hall–Kier alpha value is -2.01. The van der Waals surface area contributed by atoms with Crippen molar-refractivity contribution in [1.29, 1.82) is 0 Å². The SMILES string of the molecule is NC(=O)NC(=O)CSc1ccc2ccccc2c1. The second kappa shape index (κ2) is 5.55. The highest BCUT2D eigenvalue weighted by molar-refractivity contribution is 8.00. The highest BCUT2D eigenvalue weighted by atomic mass is 32.2. The van der Waals surface area contributed by atoms with Crippen LogP contribution in [0, 0.1) is 0 Å². The number of nitrogens with one attached hydrogen (secondary N) is 1. The van der Waals surface area contributed by atoms with Gasteiger partial charge >= 0.3 is 6.03 Å². The van der Waals surface area contributed by atoms with Crippen molar-refractivity contribution in [3.05, 3.63) is 42.5 Å². The summed E-state index contributed by atoms with van der Waals surface area (Å²) in [6.45, 7) is 0. The zero-order valence-corrected chi connectivity index (χ0v) is 10.4. The number of imide groups is 1. The Morgan fingerprint density at radius 1 is 1.11 bits per heavy atom. The van der Waals surface area contributed by atoms with Crippen molar-refractivity contribution < 1.29 is 9.59 Å². The summed E-state index contributed by atoms with van der Waals surface area (Å²) in [5.41, 5.74) is 4.86. The summed E-state index contributed by atoms with van der Waals surface area (Å²) >= 11 is 1.37. The molecular formula is C13H12N2O2S. The van der Waals surface area contributed by atoms with Gasteiger partial charge in [0.25, 0.3) is 0 Å². The number of carbonyl (C=O) groups is 2. The number of hydrogen-bond donors (Lipinski definition) is 2. The molecule has 92 valence electrons. The number of urea groups is 1. The van der Waals surface area contributed by atoms with E-state index in [2.05, 4.69) is 0 Å². The fourth-order valence-electron chi connectivity index (χ4n) is 1.58. The van der Waals surface area contributed by atoms with E-state index in [0.717, 1.165) is 15.7 Å². The molecular weight excluding hydrogens is 248 g/mol. The van der Waals surface area contributed by atoms with Crippen LogP contribution in [0.2, 0.25) is 0 Å². The molecule has 0 aromatic heterocycles. The van der Waals surface area contributed by atoms with Crippen LogP contribution in [0.15, 0.2) is 47.4 Å². The maximum Gasteiger partial charge on any atom is 0.318 e. The number of primary amides is 1. The average Bonchev–Trinajstić information content (AvgIpc) is 2.35. The van der Waals surface area contributed by atoms with Gasteiger partial charge in [-0.3, -0.25) is 10.1 Å². The summed E-state index contributed by atoms with van der Waals surface area (Å²) in [7, 11) is 0. The van der Waals surface area contributed by atoms with Gasteiger partial charge in [0.1, 0.15) is 0 Å². The van der Waals surface area contributed by atoms with Crippen LogP contribution >= 0.6 is 11.8 Å². The molecule has 0 spiro atoms. The van der Waals surface area contributed by atoms with Gasteiger partial charge in [-0.05, 0) is 22.9 Å². The van der Waals surface area contributed by atoms with E-state index in [9.17, 15) is 9.59 Å². The maximum atomic E-state index is 11.3. The second-order valence-corrected chi connectivity index (χ2v) is 4.76. The molecule has 0 saturated heterocycles. The van der Waals surface area contributed by atoms with Gasteiger partial charge in [0.05, 0.1) is 5.75 Å². The Bertz CT molecular complexity index is 598. The van der Waals surface area contributed by atoms with Gasteiger partial charge < -0.3 is 5.73 Å². The van der Waals surface area contributed by atoms with Gasteiger partial charge in [0.15, 0.2) is 0 Å². The summed E-state index contributed by atoms with van der Waals surface area (Å²) in [4.78, 5) is 22.7. The fraction of sp³-hybridized carbons (Fsp3) is 0.0769. The number of amides is 3. The lowest BCUT2D eigenvalue weighted by Gasteiger charge is -2.03. The van der Waals surface area contributed by atoms with Gasteiger partial charge in [0, 0.05) is 4.90 Å². The smallest absolute Gasteiger partial charge is 0.318 e. The van der Waals surface area contributed by atoms with Crippen molar-refractivity contribution in [2.24, 2.45) is 5.73 Å². The predicted molar refractivity (Wildman–Crippen MR) is 72.4 cm³/mol. The number of rotatable bonds is 3. The number of carbonyl (C=O) groups excluding carboxylic acids is 2. The molecule has 0 bridgehead atoms. The molecule has 2 rings (SSSR count). The molecule has 2 aromatic rings. The number of hydrogen-bond acceptors (Lipinski definition) is 3. The highest BCUT2D eigenvalue weighted by Crippen LogP contribution is 2.23. The molecule has 0 atom stereocenters. The van der Waals surface area contributed by atoms with Gasteiger partial charge in [-0.25, -0.2) is 4.79 Å². The Morgan fingerprint density at radius 2 is 1.83 bits per heavy atom.